The number of amidine groups is 1. The van der Waals surface area contributed by atoms with E-state index in [-0.39, 0.29) is 6.09 Å². The molecule has 2 rings (SSSR count). The van der Waals surface area contributed by atoms with Gasteiger partial charge in [0.05, 0.1) is 24.7 Å². The minimum atomic E-state index is -0.503. The van der Waals surface area contributed by atoms with Crippen LogP contribution < -0.4 is 5.32 Å². The fraction of sp³-hybridized carbons (Fsp3) is 0.471. The van der Waals surface area contributed by atoms with Crippen molar-refractivity contribution in [1.29, 1.82) is 5.26 Å². The van der Waals surface area contributed by atoms with E-state index in [1.807, 2.05) is 39.0 Å². The first kappa shape index (κ1) is 16.8. The van der Waals surface area contributed by atoms with Crippen molar-refractivity contribution < 1.29 is 9.53 Å². The summed E-state index contributed by atoms with van der Waals surface area (Å²) in [5, 5.41) is 12.1. The van der Waals surface area contributed by atoms with E-state index in [1.165, 1.54) is 0 Å². The lowest BCUT2D eigenvalue weighted by Gasteiger charge is -2.30. The molecule has 0 aliphatic carbocycles. The van der Waals surface area contributed by atoms with Gasteiger partial charge in [0.25, 0.3) is 0 Å². The number of hydrogen-bond donors (Lipinski definition) is 1. The molecule has 1 aromatic carbocycles. The highest BCUT2D eigenvalue weighted by Gasteiger charge is 2.24. The molecule has 6 heteroatoms. The Kier molecular flexibility index (Phi) is 5.22. The van der Waals surface area contributed by atoms with Gasteiger partial charge in [-0.3, -0.25) is 9.89 Å². The third-order valence-electron chi connectivity index (χ3n) is 3.22. The molecule has 6 nitrogen and oxygen atoms in total. The predicted molar refractivity (Wildman–Crippen MR) is 88.1 cm³/mol. The van der Waals surface area contributed by atoms with Crippen LogP contribution in [0, 0.1) is 11.3 Å². The van der Waals surface area contributed by atoms with Crippen molar-refractivity contribution in [1.82, 2.24) is 10.2 Å². The maximum Gasteiger partial charge on any atom is 0.410 e. The first-order valence-corrected chi connectivity index (χ1v) is 7.61. The standard InChI is InChI=1S/C17H22N4O2/c1-17(2,3)23-16(22)21-8-7-19-15(12-21)20-11-14-6-4-5-13(9-14)10-18/h4-6,9H,7-8,11-12H2,1-3H3,(H,19,20). The summed E-state index contributed by atoms with van der Waals surface area (Å²) in [6, 6.07) is 9.53. The highest BCUT2D eigenvalue weighted by atomic mass is 16.6. The molecule has 0 saturated carbocycles. The maximum absolute atomic E-state index is 12.1. The van der Waals surface area contributed by atoms with Crippen molar-refractivity contribution >= 4 is 11.9 Å². The van der Waals surface area contributed by atoms with Crippen molar-refractivity contribution in [3.63, 3.8) is 0 Å². The molecule has 0 fully saturated rings. The van der Waals surface area contributed by atoms with Crippen LogP contribution in [-0.4, -0.2) is 42.1 Å². The molecule has 0 saturated heterocycles. The number of nitriles is 1. The molecule has 23 heavy (non-hydrogen) atoms. The Morgan fingerprint density at radius 1 is 1.48 bits per heavy atom. The number of amides is 1. The van der Waals surface area contributed by atoms with Crippen LogP contribution in [0.25, 0.3) is 0 Å². The summed E-state index contributed by atoms with van der Waals surface area (Å²) >= 11 is 0. The number of aliphatic imine (C=N–C) groups is 1. The Labute approximate surface area is 136 Å². The molecule has 0 radical (unpaired) electrons. The summed E-state index contributed by atoms with van der Waals surface area (Å²) in [6.45, 7) is 7.64. The van der Waals surface area contributed by atoms with Crippen molar-refractivity contribution in [3.8, 4) is 6.07 Å². The number of ether oxygens (including phenoxy) is 1. The van der Waals surface area contributed by atoms with Crippen LogP contribution in [0.4, 0.5) is 4.79 Å². The van der Waals surface area contributed by atoms with E-state index in [0.717, 1.165) is 11.4 Å². The fourth-order valence-corrected chi connectivity index (χ4v) is 2.16. The van der Waals surface area contributed by atoms with Crippen LogP contribution in [0.5, 0.6) is 0 Å². The largest absolute Gasteiger partial charge is 0.444 e. The smallest absolute Gasteiger partial charge is 0.410 e. The fourth-order valence-electron chi connectivity index (χ4n) is 2.16. The third kappa shape index (κ3) is 5.29. The topological polar surface area (TPSA) is 77.7 Å². The number of carbonyl (C=O) groups excluding carboxylic acids is 1. The highest BCUT2D eigenvalue weighted by Crippen LogP contribution is 2.11. The Bertz CT molecular complexity index is 641. The van der Waals surface area contributed by atoms with Crippen LogP contribution in [0.2, 0.25) is 0 Å². The van der Waals surface area contributed by atoms with E-state index in [0.29, 0.717) is 31.7 Å². The molecular formula is C17H22N4O2. The zero-order chi connectivity index (χ0) is 16.9. The van der Waals surface area contributed by atoms with Gasteiger partial charge in [0.15, 0.2) is 0 Å². The number of hydrogen-bond acceptors (Lipinski definition) is 5. The minimum absolute atomic E-state index is 0.321. The van der Waals surface area contributed by atoms with Crippen LogP contribution in [0.1, 0.15) is 31.9 Å². The van der Waals surface area contributed by atoms with E-state index in [4.69, 9.17) is 10.00 Å². The Hall–Kier alpha value is -2.55. The molecule has 1 N–H and O–H groups in total. The van der Waals surface area contributed by atoms with Gasteiger partial charge in [0, 0.05) is 13.1 Å². The molecular weight excluding hydrogens is 292 g/mol. The average Bonchev–Trinajstić information content (AvgIpc) is 2.52. The van der Waals surface area contributed by atoms with E-state index in [9.17, 15) is 4.79 Å². The number of rotatable bonds is 2. The van der Waals surface area contributed by atoms with Crippen LogP contribution in [-0.2, 0) is 11.3 Å². The lowest BCUT2D eigenvalue weighted by molar-refractivity contribution is 0.0276. The molecule has 122 valence electrons. The Balaban J connectivity index is 1.90. The summed E-state index contributed by atoms with van der Waals surface area (Å²) in [6.07, 6.45) is -0.321. The lowest BCUT2D eigenvalue weighted by Crippen LogP contribution is -2.47. The summed E-state index contributed by atoms with van der Waals surface area (Å²) in [4.78, 5) is 18.2. The molecule has 1 aliphatic heterocycles. The normalized spacial score (nSPS) is 14.7. The Morgan fingerprint density at radius 3 is 2.96 bits per heavy atom. The van der Waals surface area contributed by atoms with Crippen molar-refractivity contribution in [2.45, 2.75) is 32.9 Å². The second-order valence-corrected chi connectivity index (χ2v) is 6.40. The van der Waals surface area contributed by atoms with Gasteiger partial charge in [-0.25, -0.2) is 4.79 Å². The molecule has 0 spiro atoms. The van der Waals surface area contributed by atoms with Crippen molar-refractivity contribution in [2.24, 2.45) is 4.99 Å². The lowest BCUT2D eigenvalue weighted by atomic mass is 10.1. The number of carbonyl (C=O) groups is 1. The quantitative estimate of drug-likeness (QED) is 0.908. The SMILES string of the molecule is CC(C)(C)OC(=O)N1CCN=C(NCc2cccc(C#N)c2)C1. The molecule has 1 heterocycles. The summed E-state index contributed by atoms with van der Waals surface area (Å²) in [5.41, 5.74) is 1.13. The van der Waals surface area contributed by atoms with E-state index in [2.05, 4.69) is 16.4 Å². The molecule has 1 amide bonds. The van der Waals surface area contributed by atoms with Gasteiger partial charge in [-0.1, -0.05) is 12.1 Å². The van der Waals surface area contributed by atoms with Crippen LogP contribution >= 0.6 is 0 Å². The second kappa shape index (κ2) is 7.14. The molecule has 1 aromatic rings. The van der Waals surface area contributed by atoms with Gasteiger partial charge >= 0.3 is 6.09 Å². The van der Waals surface area contributed by atoms with Gasteiger partial charge in [-0.2, -0.15) is 5.26 Å². The summed E-state index contributed by atoms with van der Waals surface area (Å²) in [7, 11) is 0. The number of nitrogens with one attached hydrogen (secondary N) is 1. The summed E-state index contributed by atoms with van der Waals surface area (Å²) in [5.74, 6) is 0.754. The molecule has 1 aliphatic rings. The van der Waals surface area contributed by atoms with Gasteiger partial charge in [0.1, 0.15) is 11.4 Å². The van der Waals surface area contributed by atoms with Crippen molar-refractivity contribution in [2.75, 3.05) is 19.6 Å². The minimum Gasteiger partial charge on any atom is -0.444 e. The zero-order valence-electron chi connectivity index (χ0n) is 13.8. The predicted octanol–water partition coefficient (Wildman–Crippen LogP) is 2.30. The molecule has 0 aromatic heterocycles. The van der Waals surface area contributed by atoms with Crippen LogP contribution in [0.15, 0.2) is 29.3 Å². The first-order valence-electron chi connectivity index (χ1n) is 7.61. The first-order chi connectivity index (χ1) is 10.9. The van der Waals surface area contributed by atoms with Gasteiger partial charge in [0.2, 0.25) is 0 Å². The van der Waals surface area contributed by atoms with Gasteiger partial charge in [-0.15, -0.1) is 0 Å². The van der Waals surface area contributed by atoms with E-state index in [1.54, 1.807) is 11.0 Å². The highest BCUT2D eigenvalue weighted by molar-refractivity contribution is 5.87. The van der Waals surface area contributed by atoms with E-state index >= 15 is 0 Å². The Morgan fingerprint density at radius 2 is 2.26 bits per heavy atom. The van der Waals surface area contributed by atoms with E-state index < -0.39 is 5.60 Å². The number of benzene rings is 1. The second-order valence-electron chi connectivity index (χ2n) is 6.40. The van der Waals surface area contributed by atoms with Crippen LogP contribution in [0.3, 0.4) is 0 Å². The molecule has 0 atom stereocenters. The van der Waals surface area contributed by atoms with Gasteiger partial charge in [-0.05, 0) is 38.5 Å². The summed E-state index contributed by atoms with van der Waals surface area (Å²) < 4.78 is 5.39. The molecule has 0 unspecified atom stereocenters. The monoisotopic (exact) mass is 314 g/mol. The van der Waals surface area contributed by atoms with Crippen molar-refractivity contribution in [3.05, 3.63) is 35.4 Å². The number of nitrogens with zero attached hydrogens (tertiary/aromatic N) is 3. The zero-order valence-corrected chi connectivity index (χ0v) is 13.8. The molecule has 0 bridgehead atoms. The average molecular weight is 314 g/mol. The third-order valence-corrected chi connectivity index (χ3v) is 3.22. The maximum atomic E-state index is 12.1. The van der Waals surface area contributed by atoms with Gasteiger partial charge < -0.3 is 10.1 Å².